The number of rotatable bonds is 1. The molecule has 5 heteroatoms. The Labute approximate surface area is 118 Å². The van der Waals surface area contributed by atoms with E-state index in [2.05, 4.69) is 22.6 Å². The number of nitrogens with two attached hydrogens (primary N) is 1. The molecule has 1 aromatic carbocycles. The number of alkyl halides is 1. The van der Waals surface area contributed by atoms with Gasteiger partial charge in [0, 0.05) is 8.95 Å². The average molecular weight is 366 g/mol. The number of Topliss-reactive ketones (excluding diaryl/α,β-unsaturated/α-hetero) is 1. The van der Waals surface area contributed by atoms with Crippen LogP contribution in [0.3, 0.4) is 0 Å². The van der Waals surface area contributed by atoms with Gasteiger partial charge in [0.05, 0.1) is 0 Å². The molecule has 1 aromatic rings. The van der Waals surface area contributed by atoms with Crippen molar-refractivity contribution in [3.63, 3.8) is 0 Å². The summed E-state index contributed by atoms with van der Waals surface area (Å²) in [6.07, 6.45) is 0.188. The molecule has 1 fully saturated rings. The second kappa shape index (κ2) is 4.84. The number of carbonyl (C=O) groups excluding carboxylic acids is 1. The van der Waals surface area contributed by atoms with E-state index in [0.29, 0.717) is 23.4 Å². The van der Waals surface area contributed by atoms with E-state index >= 15 is 0 Å². The highest BCUT2D eigenvalue weighted by molar-refractivity contribution is 14.1. The van der Waals surface area contributed by atoms with E-state index in [4.69, 9.17) is 17.3 Å². The Hall–Kier alpha value is -0.170. The zero-order chi connectivity index (χ0) is 12.6. The van der Waals surface area contributed by atoms with Crippen molar-refractivity contribution in [2.45, 2.75) is 28.4 Å². The summed E-state index contributed by atoms with van der Waals surface area (Å²) in [5, 5.41) is 10.2. The fraction of sp³-hybridized carbons (Fsp3) is 0.417. The predicted molar refractivity (Wildman–Crippen MR) is 75.4 cm³/mol. The summed E-state index contributed by atoms with van der Waals surface area (Å²) in [6.45, 7) is 0. The quantitative estimate of drug-likeness (QED) is 0.591. The summed E-state index contributed by atoms with van der Waals surface area (Å²) >= 11 is 8.27. The van der Waals surface area contributed by atoms with Gasteiger partial charge >= 0.3 is 0 Å². The van der Waals surface area contributed by atoms with Crippen molar-refractivity contribution in [1.29, 1.82) is 0 Å². The number of halogens is 2. The molecule has 0 bridgehead atoms. The van der Waals surface area contributed by atoms with Crippen LogP contribution in [0.1, 0.15) is 18.4 Å². The molecule has 0 radical (unpaired) electrons. The highest BCUT2D eigenvalue weighted by atomic mass is 127. The van der Waals surface area contributed by atoms with Crippen LogP contribution in [0.25, 0.3) is 0 Å². The van der Waals surface area contributed by atoms with Gasteiger partial charge in [-0.05, 0) is 24.5 Å². The van der Waals surface area contributed by atoms with Gasteiger partial charge in [-0.25, -0.2) is 0 Å². The number of aliphatic hydroxyl groups excluding tert-OH is 1. The molecule has 0 saturated heterocycles. The molecule has 0 spiro atoms. The normalized spacial score (nSPS) is 33.8. The number of carbonyl (C=O) groups is 1. The zero-order valence-electron chi connectivity index (χ0n) is 9.07. The summed E-state index contributed by atoms with van der Waals surface area (Å²) in [5.74, 6) is -0.337. The number of hydrogen-bond donors (Lipinski definition) is 2. The molecule has 1 aliphatic carbocycles. The van der Waals surface area contributed by atoms with E-state index in [1.54, 1.807) is 24.3 Å². The number of hydrogen-bond acceptors (Lipinski definition) is 3. The van der Waals surface area contributed by atoms with Crippen LogP contribution in [0.15, 0.2) is 24.3 Å². The summed E-state index contributed by atoms with van der Waals surface area (Å²) in [4.78, 5) is 12.2. The van der Waals surface area contributed by atoms with E-state index in [9.17, 15) is 9.90 Å². The first-order valence-corrected chi connectivity index (χ1v) is 7.00. The number of ketones is 1. The minimum absolute atomic E-state index is 0.0594. The molecule has 92 valence electrons. The predicted octanol–water partition coefficient (Wildman–Crippen LogP) is 2.02. The zero-order valence-corrected chi connectivity index (χ0v) is 12.0. The van der Waals surface area contributed by atoms with Crippen LogP contribution < -0.4 is 5.73 Å². The van der Waals surface area contributed by atoms with Gasteiger partial charge in [0.1, 0.15) is 11.6 Å². The van der Waals surface area contributed by atoms with Gasteiger partial charge in [0.25, 0.3) is 0 Å². The largest absolute Gasteiger partial charge is 0.385 e. The molecule has 3 atom stereocenters. The van der Waals surface area contributed by atoms with Crippen LogP contribution in [-0.4, -0.2) is 20.9 Å². The number of benzene rings is 1. The minimum Gasteiger partial charge on any atom is -0.385 e. The van der Waals surface area contributed by atoms with E-state index in [1.807, 2.05) is 0 Å². The molecule has 1 saturated carbocycles. The summed E-state index contributed by atoms with van der Waals surface area (Å²) in [6, 6.07) is 7.06. The van der Waals surface area contributed by atoms with Crippen LogP contribution in [0.5, 0.6) is 0 Å². The molecule has 0 heterocycles. The van der Waals surface area contributed by atoms with E-state index in [1.165, 1.54) is 0 Å². The standard InChI is InChI=1S/C12H13ClINO2/c13-8-4-2-1-3-7(8)12(15)10(14)6-5-9(16)11(12)17/h1-4,9-10,16H,5-6,15H2/t9-,10-,12+/m1/s1. The first-order valence-electron chi connectivity index (χ1n) is 5.38. The van der Waals surface area contributed by atoms with Crippen molar-refractivity contribution in [3.8, 4) is 0 Å². The lowest BCUT2D eigenvalue weighted by molar-refractivity contribution is -0.135. The maximum absolute atomic E-state index is 12.2. The Kier molecular flexibility index (Phi) is 3.77. The summed E-state index contributed by atoms with van der Waals surface area (Å²) in [7, 11) is 0. The van der Waals surface area contributed by atoms with Crippen molar-refractivity contribution in [2.24, 2.45) is 5.73 Å². The Morgan fingerprint density at radius 2 is 2.06 bits per heavy atom. The molecule has 1 aliphatic rings. The van der Waals surface area contributed by atoms with Crippen molar-refractivity contribution in [2.75, 3.05) is 0 Å². The Morgan fingerprint density at radius 1 is 1.41 bits per heavy atom. The molecule has 3 nitrogen and oxygen atoms in total. The van der Waals surface area contributed by atoms with E-state index < -0.39 is 11.6 Å². The van der Waals surface area contributed by atoms with Gasteiger partial charge in [-0.3, -0.25) is 4.79 Å². The van der Waals surface area contributed by atoms with E-state index in [-0.39, 0.29) is 9.71 Å². The molecular weight excluding hydrogens is 352 g/mol. The van der Waals surface area contributed by atoms with Gasteiger partial charge in [-0.1, -0.05) is 52.4 Å². The lowest BCUT2D eigenvalue weighted by Gasteiger charge is -2.39. The third kappa shape index (κ3) is 2.12. The Balaban J connectivity index is 2.53. The number of aliphatic hydroxyl groups is 1. The summed E-state index contributed by atoms with van der Waals surface area (Å²) in [5.41, 5.74) is 5.67. The highest BCUT2D eigenvalue weighted by Crippen LogP contribution is 2.40. The van der Waals surface area contributed by atoms with Gasteiger partial charge in [0.2, 0.25) is 0 Å². The fourth-order valence-electron chi connectivity index (χ4n) is 2.19. The summed E-state index contributed by atoms with van der Waals surface area (Å²) < 4.78 is -0.0594. The maximum atomic E-state index is 12.2. The second-order valence-corrected chi connectivity index (χ2v) is 6.18. The monoisotopic (exact) mass is 365 g/mol. The molecule has 0 aliphatic heterocycles. The first kappa shape index (κ1) is 13.3. The van der Waals surface area contributed by atoms with Crippen LogP contribution in [0.2, 0.25) is 5.02 Å². The second-order valence-electron chi connectivity index (χ2n) is 4.27. The maximum Gasteiger partial charge on any atom is 0.186 e. The SMILES string of the molecule is N[C@]1(c2ccccc2Cl)C(=O)[C@H](O)CC[C@H]1I. The molecular formula is C12H13ClINO2. The third-order valence-electron chi connectivity index (χ3n) is 3.22. The van der Waals surface area contributed by atoms with Crippen LogP contribution in [0.4, 0.5) is 0 Å². The third-order valence-corrected chi connectivity index (χ3v) is 5.15. The fourth-order valence-corrected chi connectivity index (χ4v) is 3.49. The van der Waals surface area contributed by atoms with Crippen LogP contribution >= 0.6 is 34.2 Å². The van der Waals surface area contributed by atoms with Gasteiger partial charge in [-0.2, -0.15) is 0 Å². The first-order chi connectivity index (χ1) is 7.98. The highest BCUT2D eigenvalue weighted by Gasteiger charge is 2.49. The van der Waals surface area contributed by atoms with Crippen molar-refractivity contribution >= 4 is 40.0 Å². The van der Waals surface area contributed by atoms with Crippen LogP contribution in [-0.2, 0) is 10.3 Å². The van der Waals surface area contributed by atoms with Crippen LogP contribution in [0, 0.1) is 0 Å². The van der Waals surface area contributed by atoms with Gasteiger partial charge in [-0.15, -0.1) is 0 Å². The van der Waals surface area contributed by atoms with Crippen molar-refractivity contribution in [3.05, 3.63) is 34.9 Å². The Bertz CT molecular complexity index is 454. The molecule has 3 N–H and O–H groups in total. The minimum atomic E-state index is -1.18. The molecule has 2 rings (SSSR count). The van der Waals surface area contributed by atoms with E-state index in [0.717, 1.165) is 0 Å². The Morgan fingerprint density at radius 3 is 2.71 bits per heavy atom. The topological polar surface area (TPSA) is 63.3 Å². The molecule has 0 aromatic heterocycles. The smallest absolute Gasteiger partial charge is 0.186 e. The lowest BCUT2D eigenvalue weighted by atomic mass is 9.75. The average Bonchev–Trinajstić information content (AvgIpc) is 2.32. The lowest BCUT2D eigenvalue weighted by Crippen LogP contribution is -2.58. The van der Waals surface area contributed by atoms with Crippen molar-refractivity contribution in [1.82, 2.24) is 0 Å². The van der Waals surface area contributed by atoms with Crippen molar-refractivity contribution < 1.29 is 9.90 Å². The molecule has 17 heavy (non-hydrogen) atoms. The van der Waals surface area contributed by atoms with Gasteiger partial charge in [0.15, 0.2) is 5.78 Å². The molecule has 0 unspecified atom stereocenters. The van der Waals surface area contributed by atoms with Gasteiger partial charge < -0.3 is 10.8 Å². The molecule has 0 amide bonds.